The van der Waals surface area contributed by atoms with E-state index < -0.39 is 10.0 Å². The molecule has 3 rings (SSSR count). The van der Waals surface area contributed by atoms with Crippen LogP contribution in [0.1, 0.15) is 36.0 Å². The molecule has 0 spiro atoms. The number of amides is 1. The van der Waals surface area contributed by atoms with Crippen molar-refractivity contribution in [2.45, 2.75) is 50.6 Å². The molecule has 1 aliphatic heterocycles. The number of ketones is 1. The van der Waals surface area contributed by atoms with Crippen LogP contribution < -0.4 is 9.64 Å². The van der Waals surface area contributed by atoms with Crippen LogP contribution in [0.5, 0.6) is 5.75 Å². The van der Waals surface area contributed by atoms with Gasteiger partial charge in [-0.3, -0.25) is 9.59 Å². The molecule has 0 aromatic heterocycles. The molecule has 0 bridgehead atoms. The Balaban J connectivity index is 1.50. The van der Waals surface area contributed by atoms with E-state index in [0.717, 1.165) is 29.4 Å². The van der Waals surface area contributed by atoms with Crippen LogP contribution in [-0.2, 0) is 26.2 Å². The third kappa shape index (κ3) is 7.58. The minimum absolute atomic E-state index is 0.0233. The predicted octanol–water partition coefficient (Wildman–Crippen LogP) is 3.08. The molecule has 0 saturated carbocycles. The fourth-order valence-electron chi connectivity index (χ4n) is 5.01. The number of sulfonamides is 1. The lowest BCUT2D eigenvalue weighted by molar-refractivity contribution is -0.132. The van der Waals surface area contributed by atoms with Crippen molar-refractivity contribution in [1.29, 1.82) is 0 Å². The number of ether oxygens (including phenoxy) is 1. The highest BCUT2D eigenvalue weighted by molar-refractivity contribution is 7.89. The lowest BCUT2D eigenvalue weighted by atomic mass is 10.1. The van der Waals surface area contributed by atoms with Crippen LogP contribution in [0.4, 0.5) is 5.69 Å². The van der Waals surface area contributed by atoms with Crippen molar-refractivity contribution >= 4 is 27.4 Å². The van der Waals surface area contributed by atoms with Crippen molar-refractivity contribution in [3.8, 4) is 5.75 Å². The van der Waals surface area contributed by atoms with Gasteiger partial charge in [-0.15, -0.1) is 0 Å². The summed E-state index contributed by atoms with van der Waals surface area (Å²) >= 11 is 0. The van der Waals surface area contributed by atoms with E-state index in [4.69, 9.17) is 4.74 Å². The molecule has 0 N–H and O–H groups in total. The minimum Gasteiger partial charge on any atom is -0.497 e. The van der Waals surface area contributed by atoms with Crippen molar-refractivity contribution in [2.75, 3.05) is 59.8 Å². The molecule has 2 aromatic carbocycles. The van der Waals surface area contributed by atoms with Crippen LogP contribution in [0.25, 0.3) is 0 Å². The van der Waals surface area contributed by atoms with Crippen LogP contribution in [0.15, 0.2) is 41.3 Å². The second kappa shape index (κ2) is 12.9. The number of carbonyl (C=O) groups excluding carboxylic acids is 2. The lowest BCUT2D eigenvalue weighted by Gasteiger charge is -2.22. The average molecular weight is 559 g/mol. The molecule has 1 saturated heterocycles. The molecular weight excluding hydrogens is 516 g/mol. The second-order valence-electron chi connectivity index (χ2n) is 10.7. The fraction of sp³-hybridized carbons (Fsp3) is 0.517. The maximum absolute atomic E-state index is 13.2. The van der Waals surface area contributed by atoms with Crippen LogP contribution in [0.2, 0.25) is 0 Å². The summed E-state index contributed by atoms with van der Waals surface area (Å²) in [6.07, 6.45) is 1.15. The summed E-state index contributed by atoms with van der Waals surface area (Å²) in [5, 5.41) is 0. The van der Waals surface area contributed by atoms with Crippen molar-refractivity contribution < 1.29 is 22.7 Å². The molecule has 9 nitrogen and oxygen atoms in total. The van der Waals surface area contributed by atoms with Crippen LogP contribution in [-0.4, -0.2) is 95.2 Å². The summed E-state index contributed by atoms with van der Waals surface area (Å²) in [6.45, 7) is 5.59. The molecule has 0 aliphatic carbocycles. The normalized spacial score (nSPS) is 15.7. The van der Waals surface area contributed by atoms with Crippen molar-refractivity contribution in [1.82, 2.24) is 14.1 Å². The molecule has 1 amide bonds. The Morgan fingerprint density at radius 1 is 1.00 bits per heavy atom. The van der Waals surface area contributed by atoms with E-state index in [9.17, 15) is 18.0 Å². The van der Waals surface area contributed by atoms with Crippen LogP contribution >= 0.6 is 0 Å². The highest BCUT2D eigenvalue weighted by Gasteiger charge is 2.27. The van der Waals surface area contributed by atoms with E-state index in [0.29, 0.717) is 29.5 Å². The molecule has 1 atom stereocenters. The number of likely N-dealkylation sites (N-methyl/N-ethyl adjacent to an activating group) is 2. The zero-order valence-electron chi connectivity index (χ0n) is 24.2. The number of Topliss-reactive ketones (excluding diaryl/α,β-unsaturated/α-hetero) is 1. The first kappa shape index (κ1) is 30.6. The topological polar surface area (TPSA) is 90.5 Å². The molecular formula is C29H42N4O5S. The molecule has 1 fully saturated rings. The molecule has 2 aromatic rings. The zero-order chi connectivity index (χ0) is 28.9. The summed E-state index contributed by atoms with van der Waals surface area (Å²) in [4.78, 5) is 31.7. The van der Waals surface area contributed by atoms with Gasteiger partial charge in [0.2, 0.25) is 15.9 Å². The number of hydrogen-bond donors (Lipinski definition) is 0. The van der Waals surface area contributed by atoms with Gasteiger partial charge in [0.25, 0.3) is 0 Å². The van der Waals surface area contributed by atoms with Gasteiger partial charge in [-0.25, -0.2) is 8.42 Å². The molecule has 39 heavy (non-hydrogen) atoms. The van der Waals surface area contributed by atoms with Gasteiger partial charge in [-0.1, -0.05) is 12.1 Å². The number of anilines is 1. The maximum Gasteiger partial charge on any atom is 0.243 e. The highest BCUT2D eigenvalue weighted by Crippen LogP contribution is 2.28. The van der Waals surface area contributed by atoms with Gasteiger partial charge in [0.1, 0.15) is 11.5 Å². The van der Waals surface area contributed by atoms with E-state index in [1.54, 1.807) is 37.9 Å². The lowest BCUT2D eigenvalue weighted by Crippen LogP contribution is -2.34. The Morgan fingerprint density at radius 3 is 2.15 bits per heavy atom. The number of hydrogen-bond acceptors (Lipinski definition) is 7. The Kier molecular flexibility index (Phi) is 10.1. The number of aryl methyl sites for hydroxylation is 2. The average Bonchev–Trinajstić information content (AvgIpc) is 3.37. The van der Waals surface area contributed by atoms with Crippen LogP contribution in [0.3, 0.4) is 0 Å². The summed E-state index contributed by atoms with van der Waals surface area (Å²) in [7, 11) is 4.98. The SMILES string of the molecule is COc1cc(C)c(S(=O)(=O)N(C)CC(=O)CCC(=O)N(C)Cc2ccc(N3CC[C@@H](N(C)C)C3)cc2)c(C)c1. The van der Waals surface area contributed by atoms with Gasteiger partial charge in [-0.2, -0.15) is 4.31 Å². The Bertz CT molecular complexity index is 1250. The quantitative estimate of drug-likeness (QED) is 0.396. The summed E-state index contributed by atoms with van der Waals surface area (Å²) < 4.78 is 32.6. The van der Waals surface area contributed by atoms with E-state index in [1.807, 2.05) is 12.1 Å². The first-order valence-corrected chi connectivity index (χ1v) is 14.6. The second-order valence-corrected chi connectivity index (χ2v) is 12.6. The van der Waals surface area contributed by atoms with E-state index >= 15 is 0 Å². The standard InChI is InChI=1S/C29H42N4O5S/c1-21-16-27(38-7)17-22(2)29(21)39(36,37)32(6)20-26(34)12-13-28(35)31(5)18-23-8-10-24(11-9-23)33-15-14-25(19-33)30(3)4/h8-11,16-17,25H,12-15,18-20H2,1-7H3/t25-/m1/s1. The molecule has 214 valence electrons. The third-order valence-corrected chi connectivity index (χ3v) is 9.50. The van der Waals surface area contributed by atoms with Gasteiger partial charge < -0.3 is 19.4 Å². The van der Waals surface area contributed by atoms with Crippen molar-refractivity contribution in [3.63, 3.8) is 0 Å². The smallest absolute Gasteiger partial charge is 0.243 e. The molecule has 10 heteroatoms. The summed E-state index contributed by atoms with van der Waals surface area (Å²) in [5.74, 6) is 0.108. The number of carbonyl (C=O) groups is 2. The maximum atomic E-state index is 13.2. The van der Waals surface area contributed by atoms with E-state index in [2.05, 4.69) is 36.0 Å². The van der Waals surface area contributed by atoms with Gasteiger partial charge in [0.15, 0.2) is 0 Å². The van der Waals surface area contributed by atoms with Crippen molar-refractivity contribution in [3.05, 3.63) is 53.1 Å². The van der Waals surface area contributed by atoms with Crippen LogP contribution in [0, 0.1) is 13.8 Å². The predicted molar refractivity (Wildman–Crippen MR) is 154 cm³/mol. The first-order valence-electron chi connectivity index (χ1n) is 13.2. The number of nitrogens with zero attached hydrogens (tertiary/aromatic N) is 4. The Labute approximate surface area is 233 Å². The number of benzene rings is 2. The van der Waals surface area contributed by atoms with E-state index in [1.165, 1.54) is 19.8 Å². The fourth-order valence-corrected chi connectivity index (χ4v) is 6.57. The molecule has 1 heterocycles. The van der Waals surface area contributed by atoms with Gasteiger partial charge in [0.05, 0.1) is 18.6 Å². The monoisotopic (exact) mass is 558 g/mol. The zero-order valence-corrected chi connectivity index (χ0v) is 25.0. The van der Waals surface area contributed by atoms with E-state index in [-0.39, 0.29) is 36.0 Å². The summed E-state index contributed by atoms with van der Waals surface area (Å²) in [5.41, 5.74) is 3.30. The number of rotatable bonds is 12. The van der Waals surface area contributed by atoms with Gasteiger partial charge in [-0.05, 0) is 75.3 Å². The highest BCUT2D eigenvalue weighted by atomic mass is 32.2. The Hall–Kier alpha value is -2.95. The first-order chi connectivity index (χ1) is 18.3. The van der Waals surface area contributed by atoms with Gasteiger partial charge in [0, 0.05) is 58.3 Å². The molecule has 0 radical (unpaired) electrons. The summed E-state index contributed by atoms with van der Waals surface area (Å²) in [6, 6.07) is 12.1. The van der Waals surface area contributed by atoms with Crippen molar-refractivity contribution in [2.24, 2.45) is 0 Å². The number of methoxy groups -OCH3 is 1. The molecule has 0 unspecified atom stereocenters. The van der Waals surface area contributed by atoms with Gasteiger partial charge >= 0.3 is 0 Å². The largest absolute Gasteiger partial charge is 0.497 e. The molecule has 1 aliphatic rings. The Morgan fingerprint density at radius 2 is 1.62 bits per heavy atom. The minimum atomic E-state index is -3.88. The third-order valence-electron chi connectivity index (χ3n) is 7.40.